The Labute approximate surface area is 121 Å². The van der Waals surface area contributed by atoms with E-state index in [-0.39, 0.29) is 5.60 Å². The summed E-state index contributed by atoms with van der Waals surface area (Å²) in [5.74, 6) is 0.955. The van der Waals surface area contributed by atoms with Gasteiger partial charge in [-0.3, -0.25) is 4.99 Å². The number of nitrogens with one attached hydrogen (secondary N) is 1. The van der Waals surface area contributed by atoms with E-state index in [1.165, 1.54) is 12.0 Å². The third-order valence-electron chi connectivity index (χ3n) is 4.06. The first-order valence-corrected chi connectivity index (χ1v) is 7.27. The van der Waals surface area contributed by atoms with Gasteiger partial charge in [-0.1, -0.05) is 26.0 Å². The molecule has 0 amide bonds. The van der Waals surface area contributed by atoms with Gasteiger partial charge in [-0.25, -0.2) is 0 Å². The van der Waals surface area contributed by atoms with Crippen molar-refractivity contribution in [1.29, 1.82) is 0 Å². The number of nitrogens with two attached hydrogens (primary N) is 1. The van der Waals surface area contributed by atoms with Gasteiger partial charge in [0.05, 0.1) is 12.1 Å². The largest absolute Gasteiger partial charge is 0.376 e. The summed E-state index contributed by atoms with van der Waals surface area (Å²) >= 11 is 0. The maximum absolute atomic E-state index is 5.96. The normalized spacial score (nSPS) is 17.9. The molecule has 4 heteroatoms. The fraction of sp³-hybridized carbons (Fsp3) is 0.562. The summed E-state index contributed by atoms with van der Waals surface area (Å²) in [5, 5.41) is 3.15. The summed E-state index contributed by atoms with van der Waals surface area (Å²) in [6.45, 7) is 4.98. The van der Waals surface area contributed by atoms with Crippen LogP contribution in [0.15, 0.2) is 29.3 Å². The zero-order valence-electron chi connectivity index (χ0n) is 12.6. The number of rotatable bonds is 5. The standard InChI is InChI=1S/C16H25N3O/c1-12(2)13-6-4-7-14(10-13)19-15(17)18-11-16(20-3)8-5-9-16/h4,6-7,10,12H,5,8-9,11H2,1-3H3,(H3,17,18,19). The van der Waals surface area contributed by atoms with Crippen molar-refractivity contribution >= 4 is 11.6 Å². The predicted octanol–water partition coefficient (Wildman–Crippen LogP) is 3.11. The molecule has 0 heterocycles. The molecule has 20 heavy (non-hydrogen) atoms. The van der Waals surface area contributed by atoms with Crippen molar-refractivity contribution in [3.63, 3.8) is 0 Å². The molecule has 1 aliphatic carbocycles. The summed E-state index contributed by atoms with van der Waals surface area (Å²) in [6.07, 6.45) is 3.36. The Hall–Kier alpha value is -1.55. The van der Waals surface area contributed by atoms with Gasteiger partial charge < -0.3 is 15.8 Å². The van der Waals surface area contributed by atoms with Crippen molar-refractivity contribution in [2.75, 3.05) is 19.0 Å². The Balaban J connectivity index is 1.96. The molecule has 0 unspecified atom stereocenters. The smallest absolute Gasteiger partial charge is 0.193 e. The highest BCUT2D eigenvalue weighted by Crippen LogP contribution is 2.35. The van der Waals surface area contributed by atoms with Crippen LogP contribution in [0.4, 0.5) is 5.69 Å². The number of anilines is 1. The monoisotopic (exact) mass is 275 g/mol. The summed E-state index contributed by atoms with van der Waals surface area (Å²) in [6, 6.07) is 8.27. The first-order chi connectivity index (χ1) is 9.54. The molecule has 0 radical (unpaired) electrons. The molecule has 1 aromatic carbocycles. The van der Waals surface area contributed by atoms with Crippen molar-refractivity contribution < 1.29 is 4.74 Å². The molecule has 110 valence electrons. The number of ether oxygens (including phenoxy) is 1. The van der Waals surface area contributed by atoms with Gasteiger partial charge in [0.15, 0.2) is 5.96 Å². The molecule has 0 atom stereocenters. The van der Waals surface area contributed by atoms with Crippen LogP contribution in [0.3, 0.4) is 0 Å². The Bertz CT molecular complexity index is 473. The van der Waals surface area contributed by atoms with Crippen LogP contribution in [0.25, 0.3) is 0 Å². The Morgan fingerprint density at radius 3 is 2.75 bits per heavy atom. The number of hydrogen-bond acceptors (Lipinski definition) is 2. The van der Waals surface area contributed by atoms with Crippen molar-refractivity contribution in [3.05, 3.63) is 29.8 Å². The third-order valence-corrected chi connectivity index (χ3v) is 4.06. The first kappa shape index (κ1) is 14.9. The van der Waals surface area contributed by atoms with Gasteiger partial charge >= 0.3 is 0 Å². The van der Waals surface area contributed by atoms with E-state index in [1.54, 1.807) is 7.11 Å². The zero-order valence-corrected chi connectivity index (χ0v) is 12.6. The number of guanidine groups is 1. The van der Waals surface area contributed by atoms with Crippen LogP contribution in [0, 0.1) is 0 Å². The van der Waals surface area contributed by atoms with Gasteiger partial charge in [0.1, 0.15) is 0 Å². The highest BCUT2D eigenvalue weighted by atomic mass is 16.5. The lowest BCUT2D eigenvalue weighted by Crippen LogP contribution is -2.43. The van der Waals surface area contributed by atoms with Crippen LogP contribution >= 0.6 is 0 Å². The average molecular weight is 275 g/mol. The Kier molecular flexibility index (Phi) is 4.65. The van der Waals surface area contributed by atoms with Crippen LogP contribution in [-0.2, 0) is 4.74 Å². The highest BCUT2D eigenvalue weighted by molar-refractivity contribution is 5.92. The summed E-state index contributed by atoms with van der Waals surface area (Å²) < 4.78 is 5.53. The molecular formula is C16H25N3O. The summed E-state index contributed by atoms with van der Waals surface area (Å²) in [4.78, 5) is 4.42. The highest BCUT2D eigenvalue weighted by Gasteiger charge is 2.36. The Morgan fingerprint density at radius 2 is 2.20 bits per heavy atom. The lowest BCUT2D eigenvalue weighted by Gasteiger charge is -2.39. The molecule has 0 aliphatic heterocycles. The van der Waals surface area contributed by atoms with Crippen LogP contribution in [-0.4, -0.2) is 25.2 Å². The number of nitrogens with zero attached hydrogens (tertiary/aromatic N) is 1. The van der Waals surface area contributed by atoms with Gasteiger partial charge in [0.2, 0.25) is 0 Å². The predicted molar refractivity (Wildman–Crippen MR) is 84.2 cm³/mol. The molecule has 3 N–H and O–H groups in total. The van der Waals surface area contributed by atoms with E-state index in [2.05, 4.69) is 36.3 Å². The van der Waals surface area contributed by atoms with E-state index in [9.17, 15) is 0 Å². The average Bonchev–Trinajstić information content (AvgIpc) is 2.38. The molecule has 0 bridgehead atoms. The second kappa shape index (κ2) is 6.27. The molecule has 2 rings (SSSR count). The van der Waals surface area contributed by atoms with Gasteiger partial charge in [0, 0.05) is 12.8 Å². The van der Waals surface area contributed by atoms with E-state index in [4.69, 9.17) is 10.5 Å². The fourth-order valence-corrected chi connectivity index (χ4v) is 2.39. The van der Waals surface area contributed by atoms with Crippen LogP contribution in [0.1, 0.15) is 44.6 Å². The molecule has 1 aliphatic rings. The maximum Gasteiger partial charge on any atom is 0.193 e. The first-order valence-electron chi connectivity index (χ1n) is 7.27. The topological polar surface area (TPSA) is 59.6 Å². The van der Waals surface area contributed by atoms with Crippen LogP contribution in [0.5, 0.6) is 0 Å². The molecule has 0 spiro atoms. The molecule has 0 aromatic heterocycles. The molecular weight excluding hydrogens is 250 g/mol. The SMILES string of the molecule is COC1(CN=C(N)Nc2cccc(C(C)C)c2)CCC1. The van der Waals surface area contributed by atoms with Crippen molar-refractivity contribution in [3.8, 4) is 0 Å². The lowest BCUT2D eigenvalue weighted by molar-refractivity contribution is -0.0629. The van der Waals surface area contributed by atoms with Crippen molar-refractivity contribution in [2.24, 2.45) is 10.7 Å². The Morgan fingerprint density at radius 1 is 1.45 bits per heavy atom. The summed E-state index contributed by atoms with van der Waals surface area (Å²) in [7, 11) is 1.75. The van der Waals surface area contributed by atoms with E-state index in [0.29, 0.717) is 18.4 Å². The lowest BCUT2D eigenvalue weighted by atomic mass is 9.80. The van der Waals surface area contributed by atoms with Crippen LogP contribution in [0.2, 0.25) is 0 Å². The molecule has 1 fully saturated rings. The molecule has 1 saturated carbocycles. The van der Waals surface area contributed by atoms with Gasteiger partial charge in [-0.15, -0.1) is 0 Å². The fourth-order valence-electron chi connectivity index (χ4n) is 2.39. The second-order valence-electron chi connectivity index (χ2n) is 5.85. The maximum atomic E-state index is 5.96. The number of benzene rings is 1. The van der Waals surface area contributed by atoms with E-state index in [1.807, 2.05) is 12.1 Å². The number of hydrogen-bond donors (Lipinski definition) is 2. The molecule has 4 nitrogen and oxygen atoms in total. The quantitative estimate of drug-likeness (QED) is 0.641. The zero-order chi connectivity index (χ0) is 14.6. The van der Waals surface area contributed by atoms with E-state index >= 15 is 0 Å². The van der Waals surface area contributed by atoms with Gasteiger partial charge in [0.25, 0.3) is 0 Å². The minimum atomic E-state index is -0.0773. The van der Waals surface area contributed by atoms with E-state index in [0.717, 1.165) is 18.5 Å². The van der Waals surface area contributed by atoms with E-state index < -0.39 is 0 Å². The second-order valence-corrected chi connectivity index (χ2v) is 5.85. The van der Waals surface area contributed by atoms with Gasteiger partial charge in [-0.2, -0.15) is 0 Å². The van der Waals surface area contributed by atoms with Gasteiger partial charge in [-0.05, 0) is 42.9 Å². The third kappa shape index (κ3) is 3.51. The van der Waals surface area contributed by atoms with Crippen molar-refractivity contribution in [1.82, 2.24) is 0 Å². The molecule has 0 saturated heterocycles. The van der Waals surface area contributed by atoms with Crippen molar-refractivity contribution in [2.45, 2.75) is 44.6 Å². The van der Waals surface area contributed by atoms with Crippen LogP contribution < -0.4 is 11.1 Å². The minimum absolute atomic E-state index is 0.0773. The number of aliphatic imine (C=N–C) groups is 1. The number of methoxy groups -OCH3 is 1. The molecule has 1 aromatic rings. The minimum Gasteiger partial charge on any atom is -0.376 e. The summed E-state index contributed by atoms with van der Waals surface area (Å²) in [5.41, 5.74) is 8.15.